The molecule has 0 fully saturated rings. The van der Waals surface area contributed by atoms with E-state index < -0.39 is 0 Å². The molecule has 5 rings (SSSR count). The van der Waals surface area contributed by atoms with E-state index in [1.54, 1.807) is 0 Å². The van der Waals surface area contributed by atoms with Crippen molar-refractivity contribution in [1.82, 2.24) is 9.97 Å². The van der Waals surface area contributed by atoms with Gasteiger partial charge < -0.3 is 19.5 Å². The molecule has 1 heterocycles. The predicted molar refractivity (Wildman–Crippen MR) is 169 cm³/mol. The van der Waals surface area contributed by atoms with Crippen LogP contribution in [-0.2, 0) is 11.3 Å². The highest BCUT2D eigenvalue weighted by Crippen LogP contribution is 2.34. The Kier molecular flexibility index (Phi) is 8.43. The summed E-state index contributed by atoms with van der Waals surface area (Å²) >= 11 is 0. The monoisotopic (exact) mass is 528 g/mol. The van der Waals surface area contributed by atoms with E-state index in [4.69, 9.17) is 9.72 Å². The fourth-order valence-electron chi connectivity index (χ4n) is 4.53. The lowest BCUT2D eigenvalue weighted by Gasteiger charge is -2.13. The van der Waals surface area contributed by atoms with E-state index >= 15 is 0 Å². The van der Waals surface area contributed by atoms with Gasteiger partial charge in [0, 0.05) is 56.3 Å². The minimum Gasteiger partial charge on any atom is -0.378 e. The smallest absolute Gasteiger partial charge is 0.138 e. The highest BCUT2D eigenvalue weighted by Gasteiger charge is 2.16. The Bertz CT molecular complexity index is 1460. The molecule has 0 bridgehead atoms. The Morgan fingerprint density at radius 1 is 0.675 bits per heavy atom. The molecule has 0 amide bonds. The number of hydrogen-bond acceptors (Lipinski definition) is 4. The van der Waals surface area contributed by atoms with Crippen LogP contribution in [0.5, 0.6) is 0 Å². The number of aromatic nitrogens is 2. The van der Waals surface area contributed by atoms with E-state index in [0.717, 1.165) is 50.8 Å². The van der Waals surface area contributed by atoms with Crippen molar-refractivity contribution in [3.05, 3.63) is 120 Å². The number of nitrogens with zero attached hydrogens (tertiary/aromatic N) is 3. The number of rotatable bonds is 10. The van der Waals surface area contributed by atoms with Gasteiger partial charge in [-0.3, -0.25) is 0 Å². The standard InChI is InChI=1S/C35H36N4O/c1-38(2)31-20-16-28(17-21-31)33-34(29-18-22-32(23-19-29)39(3)4)37-35(36-33)30-14-12-26(13-15-30)11-8-24-40-25-27-9-6-5-7-10-27/h5-23H,24-25H2,1-4H3,(H,36,37)/b11-8+. The predicted octanol–water partition coefficient (Wildman–Crippen LogP) is 7.77. The van der Waals surface area contributed by atoms with Gasteiger partial charge in [-0.2, -0.15) is 0 Å². The summed E-state index contributed by atoms with van der Waals surface area (Å²) in [6.07, 6.45) is 4.14. The van der Waals surface area contributed by atoms with Gasteiger partial charge in [0.25, 0.3) is 0 Å². The van der Waals surface area contributed by atoms with Crippen molar-refractivity contribution in [2.45, 2.75) is 6.61 Å². The summed E-state index contributed by atoms with van der Waals surface area (Å²) < 4.78 is 5.77. The van der Waals surface area contributed by atoms with Crippen molar-refractivity contribution in [3.8, 4) is 33.9 Å². The average molecular weight is 529 g/mol. The van der Waals surface area contributed by atoms with Crippen LogP contribution < -0.4 is 9.80 Å². The van der Waals surface area contributed by atoms with E-state index in [9.17, 15) is 0 Å². The number of hydrogen-bond donors (Lipinski definition) is 1. The largest absolute Gasteiger partial charge is 0.378 e. The molecule has 0 aliphatic heterocycles. The van der Waals surface area contributed by atoms with Crippen molar-refractivity contribution < 1.29 is 4.74 Å². The molecule has 0 saturated carbocycles. The Morgan fingerprint density at radius 2 is 1.25 bits per heavy atom. The lowest BCUT2D eigenvalue weighted by molar-refractivity contribution is 0.149. The third-order valence-corrected chi connectivity index (χ3v) is 6.85. The van der Waals surface area contributed by atoms with Gasteiger partial charge in [0.2, 0.25) is 0 Å². The SMILES string of the molecule is CN(C)c1ccc(-c2nc(-c3ccc(/C=C/COCc4ccccc4)cc3)[nH]c2-c2ccc(N(C)C)cc2)cc1. The molecule has 0 radical (unpaired) electrons. The van der Waals surface area contributed by atoms with E-state index in [1.165, 1.54) is 5.56 Å². The maximum absolute atomic E-state index is 5.77. The maximum atomic E-state index is 5.77. The summed E-state index contributed by atoms with van der Waals surface area (Å²) in [6, 6.07) is 35.8. The first-order chi connectivity index (χ1) is 19.5. The van der Waals surface area contributed by atoms with Gasteiger partial charge in [0.05, 0.1) is 24.6 Å². The highest BCUT2D eigenvalue weighted by molar-refractivity contribution is 5.82. The van der Waals surface area contributed by atoms with Crippen molar-refractivity contribution in [1.29, 1.82) is 0 Å². The summed E-state index contributed by atoms with van der Waals surface area (Å²) in [5.74, 6) is 0.847. The summed E-state index contributed by atoms with van der Waals surface area (Å²) in [7, 11) is 8.21. The van der Waals surface area contributed by atoms with Crippen LogP contribution in [0.3, 0.4) is 0 Å². The van der Waals surface area contributed by atoms with Crippen LogP contribution in [0.25, 0.3) is 40.0 Å². The highest BCUT2D eigenvalue weighted by atomic mass is 16.5. The second-order valence-electron chi connectivity index (χ2n) is 10.2. The van der Waals surface area contributed by atoms with E-state index in [2.05, 4.69) is 140 Å². The van der Waals surface area contributed by atoms with Gasteiger partial charge in [-0.05, 0) is 35.4 Å². The first kappa shape index (κ1) is 27.0. The zero-order chi connectivity index (χ0) is 27.9. The summed E-state index contributed by atoms with van der Waals surface area (Å²) in [4.78, 5) is 12.9. The lowest BCUT2D eigenvalue weighted by atomic mass is 10.0. The number of H-pyrrole nitrogens is 1. The molecule has 0 aliphatic rings. The number of benzene rings is 4. The number of imidazole rings is 1. The number of nitrogens with one attached hydrogen (secondary N) is 1. The third kappa shape index (κ3) is 6.50. The molecule has 5 nitrogen and oxygen atoms in total. The number of aromatic amines is 1. The van der Waals surface area contributed by atoms with Crippen LogP contribution in [0, 0.1) is 0 Å². The fraction of sp³-hybridized carbons (Fsp3) is 0.171. The number of ether oxygens (including phenoxy) is 1. The lowest BCUT2D eigenvalue weighted by Crippen LogP contribution is -2.08. The Balaban J connectivity index is 1.36. The number of anilines is 2. The molecule has 1 N–H and O–H groups in total. The summed E-state index contributed by atoms with van der Waals surface area (Å²) in [5.41, 5.74) is 9.80. The van der Waals surface area contributed by atoms with Crippen LogP contribution >= 0.6 is 0 Å². The van der Waals surface area contributed by atoms with Gasteiger partial charge in [-0.1, -0.05) is 91.0 Å². The second-order valence-corrected chi connectivity index (χ2v) is 10.2. The van der Waals surface area contributed by atoms with Crippen LogP contribution in [0.4, 0.5) is 11.4 Å². The molecule has 0 spiro atoms. The van der Waals surface area contributed by atoms with Gasteiger partial charge in [-0.25, -0.2) is 4.98 Å². The molecular formula is C35H36N4O. The quantitative estimate of drug-likeness (QED) is 0.188. The molecule has 0 atom stereocenters. The van der Waals surface area contributed by atoms with Crippen LogP contribution in [0.15, 0.2) is 109 Å². The Labute approximate surface area is 237 Å². The molecule has 0 saturated heterocycles. The minimum atomic E-state index is 0.570. The Hall–Kier alpha value is -4.61. The second kappa shape index (κ2) is 12.5. The van der Waals surface area contributed by atoms with E-state index in [0.29, 0.717) is 13.2 Å². The molecule has 202 valence electrons. The molecule has 40 heavy (non-hydrogen) atoms. The van der Waals surface area contributed by atoms with Crippen molar-refractivity contribution in [3.63, 3.8) is 0 Å². The topological polar surface area (TPSA) is 44.4 Å². The molecule has 5 heteroatoms. The van der Waals surface area contributed by atoms with E-state index in [-0.39, 0.29) is 0 Å². The summed E-state index contributed by atoms with van der Waals surface area (Å²) in [6.45, 7) is 1.18. The fourth-order valence-corrected chi connectivity index (χ4v) is 4.53. The zero-order valence-corrected chi connectivity index (χ0v) is 23.6. The van der Waals surface area contributed by atoms with Gasteiger partial charge in [0.1, 0.15) is 5.82 Å². The molecule has 0 aliphatic carbocycles. The van der Waals surface area contributed by atoms with Gasteiger partial charge >= 0.3 is 0 Å². The van der Waals surface area contributed by atoms with Crippen molar-refractivity contribution in [2.24, 2.45) is 0 Å². The van der Waals surface area contributed by atoms with Crippen LogP contribution in [0.1, 0.15) is 11.1 Å². The van der Waals surface area contributed by atoms with Crippen molar-refractivity contribution in [2.75, 3.05) is 44.6 Å². The maximum Gasteiger partial charge on any atom is 0.138 e. The minimum absolute atomic E-state index is 0.570. The molecule has 0 unspecified atom stereocenters. The third-order valence-electron chi connectivity index (χ3n) is 6.85. The summed E-state index contributed by atoms with van der Waals surface area (Å²) in [5, 5.41) is 0. The zero-order valence-electron chi connectivity index (χ0n) is 23.6. The van der Waals surface area contributed by atoms with Crippen LogP contribution in [0.2, 0.25) is 0 Å². The van der Waals surface area contributed by atoms with Gasteiger partial charge in [-0.15, -0.1) is 0 Å². The van der Waals surface area contributed by atoms with Gasteiger partial charge in [0.15, 0.2) is 0 Å². The van der Waals surface area contributed by atoms with E-state index in [1.807, 2.05) is 18.2 Å². The molecule has 4 aromatic carbocycles. The molecular weight excluding hydrogens is 492 g/mol. The first-order valence-electron chi connectivity index (χ1n) is 13.5. The first-order valence-corrected chi connectivity index (χ1v) is 13.5. The molecule has 5 aromatic rings. The molecule has 1 aromatic heterocycles. The Morgan fingerprint density at radius 3 is 1.85 bits per heavy atom. The normalized spacial score (nSPS) is 11.2. The van der Waals surface area contributed by atoms with Crippen LogP contribution in [-0.4, -0.2) is 44.8 Å². The van der Waals surface area contributed by atoms with Crippen molar-refractivity contribution >= 4 is 17.5 Å². The average Bonchev–Trinajstić information content (AvgIpc) is 3.43.